The maximum atomic E-state index is 11.6. The predicted octanol–water partition coefficient (Wildman–Crippen LogP) is 4.58. The maximum Gasteiger partial charge on any atom is 0.407 e. The summed E-state index contributed by atoms with van der Waals surface area (Å²) < 4.78 is 10.7. The average molecular weight is 357 g/mol. The van der Waals surface area contributed by atoms with Gasteiger partial charge in [-0.25, -0.2) is 4.79 Å². The van der Waals surface area contributed by atoms with Crippen LogP contribution < -0.4 is 10.1 Å². The van der Waals surface area contributed by atoms with Crippen molar-refractivity contribution in [3.63, 3.8) is 0 Å². The first-order valence-corrected chi connectivity index (χ1v) is 8.65. The van der Waals surface area contributed by atoms with Gasteiger partial charge in [-0.2, -0.15) is 0 Å². The lowest BCUT2D eigenvalue weighted by molar-refractivity contribution is 0.0520. The third kappa shape index (κ3) is 5.99. The van der Waals surface area contributed by atoms with Crippen LogP contribution in [0.1, 0.15) is 31.9 Å². The molecule has 0 fully saturated rings. The molecular weight excluding hydrogens is 330 g/mol. The summed E-state index contributed by atoms with van der Waals surface area (Å²) in [6, 6.07) is 11.6. The Labute approximate surface area is 155 Å². The van der Waals surface area contributed by atoms with Gasteiger partial charge < -0.3 is 19.9 Å². The largest absolute Gasteiger partial charge is 0.504 e. The van der Waals surface area contributed by atoms with Crippen molar-refractivity contribution >= 4 is 6.09 Å². The molecule has 0 unspecified atom stereocenters. The number of amides is 1. The molecule has 2 aromatic carbocycles. The molecule has 0 aromatic heterocycles. The van der Waals surface area contributed by atoms with Crippen molar-refractivity contribution in [3.05, 3.63) is 47.5 Å². The van der Waals surface area contributed by atoms with E-state index in [4.69, 9.17) is 9.47 Å². The van der Waals surface area contributed by atoms with Crippen LogP contribution in [0.4, 0.5) is 4.79 Å². The second-order valence-electron chi connectivity index (χ2n) is 7.34. The Morgan fingerprint density at radius 1 is 1.04 bits per heavy atom. The molecule has 5 nitrogen and oxygen atoms in total. The van der Waals surface area contributed by atoms with Crippen molar-refractivity contribution in [2.75, 3.05) is 13.2 Å². The number of hydrogen-bond donors (Lipinski definition) is 2. The lowest BCUT2D eigenvalue weighted by Gasteiger charge is -2.19. The van der Waals surface area contributed by atoms with Gasteiger partial charge in [0, 0.05) is 0 Å². The van der Waals surface area contributed by atoms with Crippen molar-refractivity contribution in [1.29, 1.82) is 0 Å². The van der Waals surface area contributed by atoms with Gasteiger partial charge in [-0.15, -0.1) is 0 Å². The molecule has 0 spiro atoms. The van der Waals surface area contributed by atoms with Crippen LogP contribution in [0.15, 0.2) is 36.4 Å². The fourth-order valence-electron chi connectivity index (χ4n) is 2.59. The van der Waals surface area contributed by atoms with E-state index in [-0.39, 0.29) is 18.9 Å². The first kappa shape index (κ1) is 19.6. The highest BCUT2D eigenvalue weighted by Crippen LogP contribution is 2.32. The van der Waals surface area contributed by atoms with Gasteiger partial charge in [-0.3, -0.25) is 0 Å². The van der Waals surface area contributed by atoms with E-state index in [1.807, 2.05) is 19.9 Å². The Kier molecular flexibility index (Phi) is 6.14. The minimum Gasteiger partial charge on any atom is -0.504 e. The zero-order chi connectivity index (χ0) is 19.3. The lowest BCUT2D eigenvalue weighted by Crippen LogP contribution is -2.34. The zero-order valence-electron chi connectivity index (χ0n) is 16.1. The summed E-state index contributed by atoms with van der Waals surface area (Å²) in [5, 5.41) is 12.8. The van der Waals surface area contributed by atoms with Crippen LogP contribution in [-0.2, 0) is 4.74 Å². The second kappa shape index (κ2) is 8.13. The van der Waals surface area contributed by atoms with Crippen LogP contribution in [0.25, 0.3) is 11.1 Å². The number of carbonyl (C=O) groups is 1. The van der Waals surface area contributed by atoms with Crippen LogP contribution in [-0.4, -0.2) is 30.0 Å². The van der Waals surface area contributed by atoms with Gasteiger partial charge in [0.15, 0.2) is 11.5 Å². The van der Waals surface area contributed by atoms with Crippen LogP contribution in [0.3, 0.4) is 0 Å². The molecule has 0 atom stereocenters. The van der Waals surface area contributed by atoms with Crippen molar-refractivity contribution in [1.82, 2.24) is 5.32 Å². The summed E-state index contributed by atoms with van der Waals surface area (Å²) in [6.07, 6.45) is -0.490. The molecule has 1 amide bonds. The van der Waals surface area contributed by atoms with Crippen molar-refractivity contribution < 1.29 is 19.4 Å². The van der Waals surface area contributed by atoms with E-state index in [2.05, 4.69) is 23.5 Å². The Morgan fingerprint density at radius 3 is 2.27 bits per heavy atom. The number of carbonyl (C=O) groups excluding carboxylic acids is 1. The number of aryl methyl sites for hydroxylation is 2. The normalized spacial score (nSPS) is 11.1. The molecule has 26 heavy (non-hydrogen) atoms. The number of hydrogen-bond acceptors (Lipinski definition) is 4. The highest BCUT2D eigenvalue weighted by atomic mass is 16.6. The summed E-state index contributed by atoms with van der Waals surface area (Å²) in [6.45, 7) is 10.0. The first-order valence-electron chi connectivity index (χ1n) is 8.65. The average Bonchev–Trinajstić information content (AvgIpc) is 2.50. The van der Waals surface area contributed by atoms with Crippen molar-refractivity contribution in [2.45, 2.75) is 40.2 Å². The highest BCUT2D eigenvalue weighted by molar-refractivity contribution is 5.68. The maximum absolute atomic E-state index is 11.6. The van der Waals surface area contributed by atoms with E-state index < -0.39 is 11.7 Å². The first-order chi connectivity index (χ1) is 12.1. The van der Waals surface area contributed by atoms with Gasteiger partial charge in [0.2, 0.25) is 0 Å². The van der Waals surface area contributed by atoms with E-state index in [0.29, 0.717) is 5.75 Å². The Bertz CT molecular complexity index is 758. The quantitative estimate of drug-likeness (QED) is 0.769. The molecule has 0 aliphatic heterocycles. The fraction of sp³-hybridized carbons (Fsp3) is 0.381. The molecule has 0 saturated carbocycles. The van der Waals surface area contributed by atoms with Gasteiger partial charge in [-0.1, -0.05) is 35.4 Å². The summed E-state index contributed by atoms with van der Waals surface area (Å²) in [4.78, 5) is 11.6. The van der Waals surface area contributed by atoms with E-state index in [9.17, 15) is 9.90 Å². The summed E-state index contributed by atoms with van der Waals surface area (Å²) in [7, 11) is 0. The second-order valence-corrected chi connectivity index (χ2v) is 7.34. The summed E-state index contributed by atoms with van der Waals surface area (Å²) in [5.74, 6) is 0.447. The summed E-state index contributed by atoms with van der Waals surface area (Å²) >= 11 is 0. The number of alkyl carbamates (subject to hydrolysis) is 1. The van der Waals surface area contributed by atoms with E-state index in [1.54, 1.807) is 32.9 Å². The molecule has 0 heterocycles. The minimum absolute atomic E-state index is 0.0685. The lowest BCUT2D eigenvalue weighted by atomic mass is 10.0. The number of ether oxygens (including phenoxy) is 2. The van der Waals surface area contributed by atoms with E-state index >= 15 is 0 Å². The standard InChI is InChI=1S/C21H27NO4/c1-14-10-15(2)12-17(11-14)16-6-7-19(18(23)13-16)25-9-8-22-20(24)26-21(3,4)5/h6-7,10-13,23H,8-9H2,1-5H3,(H,22,24). The number of phenols is 1. The predicted molar refractivity (Wildman–Crippen MR) is 103 cm³/mol. The molecule has 0 saturated heterocycles. The Balaban J connectivity index is 1.93. The van der Waals surface area contributed by atoms with Gasteiger partial charge in [0.05, 0.1) is 6.54 Å². The van der Waals surface area contributed by atoms with Gasteiger partial charge >= 0.3 is 6.09 Å². The van der Waals surface area contributed by atoms with Gasteiger partial charge in [-0.05, 0) is 57.9 Å². The molecule has 0 aliphatic rings. The van der Waals surface area contributed by atoms with Gasteiger partial charge in [0.1, 0.15) is 12.2 Å². The fourth-order valence-corrected chi connectivity index (χ4v) is 2.59. The number of aromatic hydroxyl groups is 1. The molecule has 0 bridgehead atoms. The zero-order valence-corrected chi connectivity index (χ0v) is 16.1. The van der Waals surface area contributed by atoms with E-state index in [1.165, 1.54) is 11.1 Å². The third-order valence-corrected chi connectivity index (χ3v) is 3.54. The van der Waals surface area contributed by atoms with Crippen LogP contribution >= 0.6 is 0 Å². The monoisotopic (exact) mass is 357 g/mol. The minimum atomic E-state index is -0.535. The third-order valence-electron chi connectivity index (χ3n) is 3.54. The van der Waals surface area contributed by atoms with Crippen LogP contribution in [0, 0.1) is 13.8 Å². The topological polar surface area (TPSA) is 67.8 Å². The molecule has 2 N–H and O–H groups in total. The molecule has 0 aliphatic carbocycles. The number of rotatable bonds is 5. The van der Waals surface area contributed by atoms with Crippen LogP contribution in [0.5, 0.6) is 11.5 Å². The number of nitrogens with one attached hydrogen (secondary N) is 1. The molecule has 2 aromatic rings. The summed E-state index contributed by atoms with van der Waals surface area (Å²) in [5.41, 5.74) is 3.79. The van der Waals surface area contributed by atoms with Crippen molar-refractivity contribution in [2.24, 2.45) is 0 Å². The van der Waals surface area contributed by atoms with E-state index in [0.717, 1.165) is 11.1 Å². The smallest absolute Gasteiger partial charge is 0.407 e. The SMILES string of the molecule is Cc1cc(C)cc(-c2ccc(OCCNC(=O)OC(C)(C)C)c(O)c2)c1. The van der Waals surface area contributed by atoms with Gasteiger partial charge in [0.25, 0.3) is 0 Å². The number of benzene rings is 2. The number of phenolic OH excluding ortho intramolecular Hbond substituents is 1. The Hall–Kier alpha value is -2.69. The molecule has 5 heteroatoms. The van der Waals surface area contributed by atoms with Crippen LogP contribution in [0.2, 0.25) is 0 Å². The highest BCUT2D eigenvalue weighted by Gasteiger charge is 2.15. The molecule has 2 rings (SSSR count). The molecular formula is C21H27NO4. The molecule has 0 radical (unpaired) electrons. The Morgan fingerprint density at radius 2 is 1.69 bits per heavy atom. The van der Waals surface area contributed by atoms with Crippen molar-refractivity contribution in [3.8, 4) is 22.6 Å². The molecule has 140 valence electrons.